The molecule has 6 heteroatoms. The van der Waals surface area contributed by atoms with Crippen LogP contribution in [0.3, 0.4) is 0 Å². The van der Waals surface area contributed by atoms with Gasteiger partial charge in [-0.05, 0) is 57.7 Å². The predicted molar refractivity (Wildman–Crippen MR) is 114 cm³/mol. The third-order valence-corrected chi connectivity index (χ3v) is 6.88. The maximum Gasteiger partial charge on any atom is 0.261 e. The zero-order chi connectivity index (χ0) is 20.0. The van der Waals surface area contributed by atoms with Gasteiger partial charge in [0.1, 0.15) is 0 Å². The molecular weight excluding hydrogens is 366 g/mol. The molecule has 3 saturated heterocycles. The summed E-state index contributed by atoms with van der Waals surface area (Å²) < 4.78 is 11.2. The Morgan fingerprint density at radius 2 is 1.76 bits per heavy atom. The second-order valence-electron chi connectivity index (χ2n) is 8.74. The van der Waals surface area contributed by atoms with Crippen molar-refractivity contribution in [3.8, 4) is 0 Å². The van der Waals surface area contributed by atoms with E-state index in [0.29, 0.717) is 25.3 Å². The van der Waals surface area contributed by atoms with Crippen LogP contribution in [0.2, 0.25) is 0 Å². The number of hydrogen-bond acceptors (Lipinski definition) is 5. The molecule has 5 rings (SSSR count). The Labute approximate surface area is 172 Å². The Morgan fingerprint density at radius 1 is 1.00 bits per heavy atom. The number of carbonyl (C=O) groups excluding carboxylic acids is 1. The van der Waals surface area contributed by atoms with Gasteiger partial charge in [0.15, 0.2) is 0 Å². The van der Waals surface area contributed by atoms with Crippen LogP contribution in [0.25, 0.3) is 5.57 Å². The van der Waals surface area contributed by atoms with Crippen molar-refractivity contribution in [1.29, 1.82) is 0 Å². The van der Waals surface area contributed by atoms with Gasteiger partial charge in [0.2, 0.25) is 0 Å². The summed E-state index contributed by atoms with van der Waals surface area (Å²) in [7, 11) is 0. The molecule has 2 atom stereocenters. The largest absolute Gasteiger partial charge is 0.383 e. The number of anilines is 2. The van der Waals surface area contributed by atoms with Crippen molar-refractivity contribution in [3.05, 3.63) is 29.5 Å². The van der Waals surface area contributed by atoms with Crippen LogP contribution in [-0.2, 0) is 14.3 Å². The molecule has 2 unspecified atom stereocenters. The first-order chi connectivity index (χ1) is 14.1. The van der Waals surface area contributed by atoms with Crippen LogP contribution in [0.15, 0.2) is 23.9 Å². The molecule has 3 fully saturated rings. The third kappa shape index (κ3) is 3.22. The molecule has 4 heterocycles. The van der Waals surface area contributed by atoms with Crippen LogP contribution < -0.4 is 15.1 Å². The van der Waals surface area contributed by atoms with Crippen LogP contribution in [-0.4, -0.2) is 57.0 Å². The van der Waals surface area contributed by atoms with Gasteiger partial charge in [-0.2, -0.15) is 0 Å². The van der Waals surface area contributed by atoms with Crippen LogP contribution in [0.1, 0.15) is 45.1 Å². The maximum atomic E-state index is 13.6. The molecule has 0 aromatic heterocycles. The average molecular weight is 398 g/mol. The van der Waals surface area contributed by atoms with Gasteiger partial charge >= 0.3 is 0 Å². The van der Waals surface area contributed by atoms with Gasteiger partial charge in [-0.15, -0.1) is 0 Å². The zero-order valence-corrected chi connectivity index (χ0v) is 17.4. The molecule has 29 heavy (non-hydrogen) atoms. The van der Waals surface area contributed by atoms with E-state index in [9.17, 15) is 4.79 Å². The summed E-state index contributed by atoms with van der Waals surface area (Å²) in [4.78, 5) is 18.2. The molecule has 0 spiro atoms. The smallest absolute Gasteiger partial charge is 0.261 e. The van der Waals surface area contributed by atoms with Gasteiger partial charge in [-0.1, -0.05) is 0 Å². The highest BCUT2D eigenvalue weighted by atomic mass is 16.5. The molecule has 0 bridgehead atoms. The second kappa shape index (κ2) is 7.65. The van der Waals surface area contributed by atoms with E-state index in [2.05, 4.69) is 42.3 Å². The number of carbonyl (C=O) groups is 1. The zero-order valence-electron chi connectivity index (χ0n) is 17.4. The first kappa shape index (κ1) is 18.9. The van der Waals surface area contributed by atoms with Gasteiger partial charge in [-0.25, -0.2) is 0 Å². The minimum atomic E-state index is 0.111. The summed E-state index contributed by atoms with van der Waals surface area (Å²) in [5.74, 6) is 0.111. The van der Waals surface area contributed by atoms with Crippen LogP contribution >= 0.6 is 0 Å². The second-order valence-corrected chi connectivity index (χ2v) is 8.74. The standard InChI is InChI=1S/C23H31N3O3/c1-15-3-4-16(2)25(15)18-5-6-21-19(13-18)22(20-14-29-12-9-24-20)23(27)26(21)17-7-10-28-11-8-17/h5-6,13,15-17,24H,3-4,7-12,14H2,1-2H3/b22-20-. The number of ether oxygens (including phenoxy) is 2. The van der Waals surface area contributed by atoms with Crippen molar-refractivity contribution in [2.75, 3.05) is 42.8 Å². The number of nitrogens with zero attached hydrogens (tertiary/aromatic N) is 2. The summed E-state index contributed by atoms with van der Waals surface area (Å²) in [5.41, 5.74) is 5.04. The monoisotopic (exact) mass is 397 g/mol. The summed E-state index contributed by atoms with van der Waals surface area (Å²) in [6.45, 7) is 7.94. The fourth-order valence-electron chi connectivity index (χ4n) is 5.40. The molecule has 156 valence electrons. The van der Waals surface area contributed by atoms with Crippen LogP contribution in [0.4, 0.5) is 11.4 Å². The SMILES string of the molecule is CC1CCC(C)N1c1ccc2c(c1)/C(=C1\COCCN1)C(=O)N2C1CCOCC1. The summed E-state index contributed by atoms with van der Waals surface area (Å²) in [6, 6.07) is 7.86. The quantitative estimate of drug-likeness (QED) is 0.778. The lowest BCUT2D eigenvalue weighted by atomic mass is 10.0. The van der Waals surface area contributed by atoms with E-state index in [1.165, 1.54) is 18.5 Å². The lowest BCUT2D eigenvalue weighted by molar-refractivity contribution is -0.113. The van der Waals surface area contributed by atoms with E-state index in [1.54, 1.807) is 0 Å². The van der Waals surface area contributed by atoms with Gasteiger partial charge in [0.05, 0.1) is 30.2 Å². The van der Waals surface area contributed by atoms with Crippen molar-refractivity contribution in [1.82, 2.24) is 5.32 Å². The average Bonchev–Trinajstić information content (AvgIpc) is 3.24. The highest BCUT2D eigenvalue weighted by Crippen LogP contribution is 2.44. The van der Waals surface area contributed by atoms with E-state index in [-0.39, 0.29) is 11.9 Å². The van der Waals surface area contributed by atoms with Crippen molar-refractivity contribution in [3.63, 3.8) is 0 Å². The van der Waals surface area contributed by atoms with Crippen molar-refractivity contribution >= 4 is 22.9 Å². The summed E-state index contributed by atoms with van der Waals surface area (Å²) in [6.07, 6.45) is 4.21. The first-order valence-electron chi connectivity index (χ1n) is 11.0. The van der Waals surface area contributed by atoms with E-state index in [4.69, 9.17) is 9.47 Å². The van der Waals surface area contributed by atoms with E-state index >= 15 is 0 Å². The van der Waals surface area contributed by atoms with Gasteiger partial charge in [0, 0.05) is 49.1 Å². The normalized spacial score (nSPS) is 30.6. The number of fused-ring (bicyclic) bond motifs is 1. The summed E-state index contributed by atoms with van der Waals surface area (Å²) >= 11 is 0. The highest BCUT2D eigenvalue weighted by molar-refractivity contribution is 6.33. The molecule has 1 aromatic rings. The van der Waals surface area contributed by atoms with Crippen molar-refractivity contribution in [2.24, 2.45) is 0 Å². The summed E-state index contributed by atoms with van der Waals surface area (Å²) in [5, 5.41) is 3.43. The highest BCUT2D eigenvalue weighted by Gasteiger charge is 2.40. The third-order valence-electron chi connectivity index (χ3n) is 6.88. The minimum Gasteiger partial charge on any atom is -0.383 e. The molecule has 1 amide bonds. The number of morpholine rings is 1. The number of nitrogens with one attached hydrogen (secondary N) is 1. The Balaban J connectivity index is 1.60. The Hall–Kier alpha value is -2.05. The lowest BCUT2D eigenvalue weighted by Gasteiger charge is -2.32. The Bertz CT molecular complexity index is 813. The van der Waals surface area contributed by atoms with Crippen molar-refractivity contribution in [2.45, 2.75) is 57.7 Å². The molecule has 1 N–H and O–H groups in total. The number of amides is 1. The van der Waals surface area contributed by atoms with Crippen LogP contribution in [0, 0.1) is 0 Å². The lowest BCUT2D eigenvalue weighted by Crippen LogP contribution is -2.42. The number of benzene rings is 1. The van der Waals surface area contributed by atoms with Gasteiger partial charge in [0.25, 0.3) is 5.91 Å². The fraction of sp³-hybridized carbons (Fsp3) is 0.609. The van der Waals surface area contributed by atoms with E-state index < -0.39 is 0 Å². The molecule has 0 aliphatic carbocycles. The Kier molecular flexibility index (Phi) is 5.00. The van der Waals surface area contributed by atoms with E-state index in [1.807, 2.05) is 4.90 Å². The van der Waals surface area contributed by atoms with Gasteiger partial charge < -0.3 is 24.6 Å². The molecule has 0 radical (unpaired) electrons. The molecule has 0 saturated carbocycles. The molecule has 1 aromatic carbocycles. The Morgan fingerprint density at radius 3 is 2.45 bits per heavy atom. The molecular formula is C23H31N3O3. The fourth-order valence-corrected chi connectivity index (χ4v) is 5.40. The molecule has 4 aliphatic rings. The predicted octanol–water partition coefficient (Wildman–Crippen LogP) is 2.92. The minimum absolute atomic E-state index is 0.111. The molecule has 4 aliphatic heterocycles. The number of hydrogen-bond donors (Lipinski definition) is 1. The van der Waals surface area contributed by atoms with Crippen molar-refractivity contribution < 1.29 is 14.3 Å². The van der Waals surface area contributed by atoms with E-state index in [0.717, 1.165) is 55.1 Å². The van der Waals surface area contributed by atoms with Gasteiger partial charge in [-0.3, -0.25) is 4.79 Å². The molecule has 6 nitrogen and oxygen atoms in total. The topological polar surface area (TPSA) is 54.0 Å². The maximum absolute atomic E-state index is 13.6. The number of rotatable bonds is 2. The first-order valence-corrected chi connectivity index (χ1v) is 11.0. The van der Waals surface area contributed by atoms with Crippen LogP contribution in [0.5, 0.6) is 0 Å².